The van der Waals surface area contributed by atoms with Crippen molar-refractivity contribution in [2.24, 2.45) is 0 Å². The summed E-state index contributed by atoms with van der Waals surface area (Å²) in [4.78, 5) is 23.3. The Balaban J connectivity index is 1.53. The van der Waals surface area contributed by atoms with E-state index in [2.05, 4.69) is 15.1 Å². The number of rotatable bonds is 2. The zero-order chi connectivity index (χ0) is 19.0. The molecular weight excluding hydrogens is 365 g/mol. The fraction of sp³-hybridized carbons (Fsp3) is 0.368. The van der Waals surface area contributed by atoms with Crippen molar-refractivity contribution in [2.75, 3.05) is 18.8 Å². The summed E-state index contributed by atoms with van der Waals surface area (Å²) in [5, 5.41) is 4.38. The van der Waals surface area contributed by atoms with Gasteiger partial charge in [0.05, 0.1) is 0 Å². The quantitative estimate of drug-likeness (QED) is 0.678. The standard InChI is InChI=1S/C19H20FN5OS/c1-12-11-13(2)25-19(21-12)22-17(23-25)18(26)24-8-7-16(27-10-9-24)14-5-3-4-6-15(14)20/h3-6,11,16H,7-10H2,1-2H3. The van der Waals surface area contributed by atoms with Gasteiger partial charge in [0.25, 0.3) is 11.7 Å². The minimum absolute atomic E-state index is 0.0459. The Kier molecular flexibility index (Phi) is 4.82. The summed E-state index contributed by atoms with van der Waals surface area (Å²) < 4.78 is 15.7. The average Bonchev–Trinajstić information content (AvgIpc) is 2.92. The minimum atomic E-state index is -0.202. The van der Waals surface area contributed by atoms with Crippen LogP contribution < -0.4 is 0 Å². The van der Waals surface area contributed by atoms with Gasteiger partial charge in [-0.15, -0.1) is 5.10 Å². The molecule has 0 bridgehead atoms. The molecular formula is C19H20FN5OS. The predicted octanol–water partition coefficient (Wildman–Crippen LogP) is 3.20. The molecule has 8 heteroatoms. The number of fused-ring (bicyclic) bond motifs is 1. The molecule has 1 unspecified atom stereocenters. The van der Waals surface area contributed by atoms with E-state index in [0.717, 1.165) is 17.1 Å². The van der Waals surface area contributed by atoms with Crippen molar-refractivity contribution in [2.45, 2.75) is 25.5 Å². The molecule has 1 aromatic carbocycles. The van der Waals surface area contributed by atoms with Crippen LogP contribution in [0.25, 0.3) is 5.78 Å². The van der Waals surface area contributed by atoms with Crippen molar-refractivity contribution < 1.29 is 9.18 Å². The van der Waals surface area contributed by atoms with Gasteiger partial charge < -0.3 is 4.90 Å². The van der Waals surface area contributed by atoms with E-state index in [4.69, 9.17) is 0 Å². The lowest BCUT2D eigenvalue weighted by atomic mass is 10.1. The summed E-state index contributed by atoms with van der Waals surface area (Å²) in [6, 6.07) is 8.76. The summed E-state index contributed by atoms with van der Waals surface area (Å²) >= 11 is 1.68. The van der Waals surface area contributed by atoms with Crippen LogP contribution in [0.4, 0.5) is 4.39 Å². The van der Waals surface area contributed by atoms with Gasteiger partial charge in [-0.2, -0.15) is 16.7 Å². The second-order valence-corrected chi connectivity index (χ2v) is 7.96. The van der Waals surface area contributed by atoms with Gasteiger partial charge in [-0.25, -0.2) is 13.9 Å². The van der Waals surface area contributed by atoms with Crippen LogP contribution in [-0.2, 0) is 0 Å². The molecule has 1 aliphatic rings. The van der Waals surface area contributed by atoms with E-state index >= 15 is 0 Å². The van der Waals surface area contributed by atoms with E-state index in [1.54, 1.807) is 27.2 Å². The van der Waals surface area contributed by atoms with Gasteiger partial charge in [0.1, 0.15) is 5.82 Å². The zero-order valence-electron chi connectivity index (χ0n) is 15.2. The monoisotopic (exact) mass is 385 g/mol. The summed E-state index contributed by atoms with van der Waals surface area (Å²) in [6.07, 6.45) is 0.696. The molecule has 0 saturated carbocycles. The molecule has 3 aromatic rings. The van der Waals surface area contributed by atoms with Crippen LogP contribution in [0.15, 0.2) is 30.3 Å². The maximum absolute atomic E-state index is 14.1. The lowest BCUT2D eigenvalue weighted by molar-refractivity contribution is 0.0754. The van der Waals surface area contributed by atoms with Crippen LogP contribution in [0.3, 0.4) is 0 Å². The van der Waals surface area contributed by atoms with Gasteiger partial charge in [0.2, 0.25) is 5.82 Å². The minimum Gasteiger partial charge on any atom is -0.335 e. The number of hydrogen-bond donors (Lipinski definition) is 0. The van der Waals surface area contributed by atoms with Gasteiger partial charge in [-0.1, -0.05) is 18.2 Å². The van der Waals surface area contributed by atoms with E-state index in [-0.39, 0.29) is 22.8 Å². The summed E-state index contributed by atoms with van der Waals surface area (Å²) in [5.41, 5.74) is 2.43. The smallest absolute Gasteiger partial charge is 0.293 e. The second-order valence-electron chi connectivity index (χ2n) is 6.65. The van der Waals surface area contributed by atoms with Crippen molar-refractivity contribution in [1.82, 2.24) is 24.5 Å². The molecule has 27 heavy (non-hydrogen) atoms. The highest BCUT2D eigenvalue weighted by Crippen LogP contribution is 2.35. The summed E-state index contributed by atoms with van der Waals surface area (Å²) in [6.45, 7) is 4.94. The van der Waals surface area contributed by atoms with Crippen LogP contribution in [0.1, 0.15) is 39.2 Å². The van der Waals surface area contributed by atoms with E-state index in [1.165, 1.54) is 6.07 Å². The van der Waals surface area contributed by atoms with E-state index in [1.807, 2.05) is 32.0 Å². The molecule has 1 fully saturated rings. The molecule has 0 N–H and O–H groups in total. The molecule has 0 aliphatic carbocycles. The topological polar surface area (TPSA) is 63.4 Å². The Bertz CT molecular complexity index is 1000. The van der Waals surface area contributed by atoms with Crippen molar-refractivity contribution in [3.8, 4) is 0 Å². The molecule has 1 amide bonds. The number of carbonyl (C=O) groups is 1. The number of nitrogens with zero attached hydrogens (tertiary/aromatic N) is 5. The summed E-state index contributed by atoms with van der Waals surface area (Å²) in [7, 11) is 0. The molecule has 3 heterocycles. The van der Waals surface area contributed by atoms with E-state index < -0.39 is 0 Å². The molecule has 140 valence electrons. The Morgan fingerprint density at radius 3 is 2.85 bits per heavy atom. The van der Waals surface area contributed by atoms with Gasteiger partial charge in [-0.3, -0.25) is 4.79 Å². The van der Waals surface area contributed by atoms with Gasteiger partial charge >= 0.3 is 0 Å². The first kappa shape index (κ1) is 17.9. The molecule has 1 atom stereocenters. The number of aromatic nitrogens is 4. The van der Waals surface area contributed by atoms with Crippen molar-refractivity contribution >= 4 is 23.4 Å². The number of hydrogen-bond acceptors (Lipinski definition) is 5. The second kappa shape index (κ2) is 7.26. The molecule has 2 aromatic heterocycles. The van der Waals surface area contributed by atoms with Crippen LogP contribution in [0.2, 0.25) is 0 Å². The Morgan fingerprint density at radius 2 is 2.04 bits per heavy atom. The number of halogens is 1. The van der Waals surface area contributed by atoms with Gasteiger partial charge in [0, 0.05) is 41.0 Å². The first-order chi connectivity index (χ1) is 13.0. The molecule has 6 nitrogen and oxygen atoms in total. The highest BCUT2D eigenvalue weighted by atomic mass is 32.2. The number of carbonyl (C=O) groups excluding carboxylic acids is 1. The Morgan fingerprint density at radius 1 is 1.22 bits per heavy atom. The molecule has 1 aliphatic heterocycles. The normalized spacial score (nSPS) is 17.9. The number of benzene rings is 1. The van der Waals surface area contributed by atoms with Crippen molar-refractivity contribution in [3.63, 3.8) is 0 Å². The average molecular weight is 385 g/mol. The molecule has 0 radical (unpaired) electrons. The van der Waals surface area contributed by atoms with Crippen LogP contribution >= 0.6 is 11.8 Å². The highest BCUT2D eigenvalue weighted by molar-refractivity contribution is 7.99. The Hall–Kier alpha value is -2.48. The highest BCUT2D eigenvalue weighted by Gasteiger charge is 2.26. The van der Waals surface area contributed by atoms with Crippen LogP contribution in [-0.4, -0.2) is 49.2 Å². The van der Waals surface area contributed by atoms with E-state index in [9.17, 15) is 9.18 Å². The number of aryl methyl sites for hydroxylation is 2. The molecule has 0 spiro atoms. The zero-order valence-corrected chi connectivity index (χ0v) is 16.0. The first-order valence-electron chi connectivity index (χ1n) is 8.89. The first-order valence-corrected chi connectivity index (χ1v) is 9.94. The Labute approximate surface area is 160 Å². The maximum atomic E-state index is 14.1. The van der Waals surface area contributed by atoms with Crippen molar-refractivity contribution in [3.05, 3.63) is 58.9 Å². The third-order valence-corrected chi connectivity index (χ3v) is 6.00. The molecule has 4 rings (SSSR count). The SMILES string of the molecule is Cc1cc(C)n2nc(C(=O)N3CCSC(c4ccccc4F)CC3)nc2n1. The fourth-order valence-corrected chi connectivity index (χ4v) is 4.61. The third kappa shape index (κ3) is 3.53. The van der Waals surface area contributed by atoms with E-state index in [0.29, 0.717) is 30.9 Å². The third-order valence-electron chi connectivity index (χ3n) is 4.69. The fourth-order valence-electron chi connectivity index (χ4n) is 3.36. The largest absolute Gasteiger partial charge is 0.335 e. The number of thioether (sulfide) groups is 1. The number of amides is 1. The van der Waals surface area contributed by atoms with Gasteiger partial charge in [-0.05, 0) is 32.4 Å². The van der Waals surface area contributed by atoms with Crippen LogP contribution in [0, 0.1) is 19.7 Å². The van der Waals surface area contributed by atoms with Crippen molar-refractivity contribution in [1.29, 1.82) is 0 Å². The summed E-state index contributed by atoms with van der Waals surface area (Å²) in [5.74, 6) is 0.949. The van der Waals surface area contributed by atoms with Gasteiger partial charge in [0.15, 0.2) is 0 Å². The maximum Gasteiger partial charge on any atom is 0.293 e. The van der Waals surface area contributed by atoms with Crippen LogP contribution in [0.5, 0.6) is 0 Å². The lowest BCUT2D eigenvalue weighted by Crippen LogP contribution is -2.33. The molecule has 1 saturated heterocycles. The lowest BCUT2D eigenvalue weighted by Gasteiger charge is -2.18. The predicted molar refractivity (Wildman–Crippen MR) is 102 cm³/mol.